The van der Waals surface area contributed by atoms with Crippen LogP contribution in [-0.2, 0) is 4.74 Å². The number of halogens is 4. The quantitative estimate of drug-likeness (QED) is 0.805. The first-order valence-corrected chi connectivity index (χ1v) is 7.63. The highest BCUT2D eigenvalue weighted by Crippen LogP contribution is 2.33. The summed E-state index contributed by atoms with van der Waals surface area (Å²) in [6.07, 6.45) is 0. The number of aromatic nitrogens is 3. The topological polar surface area (TPSA) is 87.2 Å². The number of hydrogen-bond acceptors (Lipinski definition) is 5. The molecule has 0 fully saturated rings. The van der Waals surface area contributed by atoms with E-state index in [9.17, 15) is 8.78 Å². The number of benzene rings is 1. The molecular weight excluding hydrogens is 363 g/mol. The Balaban J connectivity index is 2.22. The summed E-state index contributed by atoms with van der Waals surface area (Å²) in [5.41, 5.74) is 6.00. The van der Waals surface area contributed by atoms with Crippen molar-refractivity contribution >= 4 is 35.0 Å². The molecule has 1 aromatic heterocycles. The van der Waals surface area contributed by atoms with E-state index in [1.165, 1.54) is 0 Å². The van der Waals surface area contributed by atoms with Gasteiger partial charge < -0.3 is 10.5 Å². The first-order chi connectivity index (χ1) is 11.2. The molecule has 0 saturated heterocycles. The molecule has 0 spiro atoms. The molecule has 0 aliphatic heterocycles. The average molecular weight is 379 g/mol. The van der Waals surface area contributed by atoms with E-state index >= 15 is 0 Å². The Kier molecular flexibility index (Phi) is 5.74. The van der Waals surface area contributed by atoms with Gasteiger partial charge >= 0.3 is 12.6 Å². The highest BCUT2D eigenvalue weighted by Gasteiger charge is 2.26. The van der Waals surface area contributed by atoms with E-state index in [1.807, 2.05) is 0 Å². The summed E-state index contributed by atoms with van der Waals surface area (Å²) in [6, 6.07) is 5.06. The molecule has 2 rings (SSSR count). The number of nitrogens with one attached hydrogen (secondary N) is 2. The Morgan fingerprint density at radius 1 is 1.33 bits per heavy atom. The number of rotatable bonds is 6. The summed E-state index contributed by atoms with van der Waals surface area (Å²) in [6.45, 7) is 0.256. The molecule has 1 heterocycles. The zero-order valence-corrected chi connectivity index (χ0v) is 14.4. The Morgan fingerprint density at radius 2 is 2.04 bits per heavy atom. The lowest BCUT2D eigenvalue weighted by Crippen LogP contribution is -2.40. The first kappa shape index (κ1) is 18.6. The third-order valence-electron chi connectivity index (χ3n) is 2.99. The van der Waals surface area contributed by atoms with Crippen LogP contribution in [0.1, 0.15) is 13.8 Å². The van der Waals surface area contributed by atoms with Crippen molar-refractivity contribution in [2.75, 3.05) is 17.7 Å². The molecule has 4 N–H and O–H groups in total. The van der Waals surface area contributed by atoms with Gasteiger partial charge in [-0.3, -0.25) is 5.32 Å². The molecule has 0 aliphatic carbocycles. The van der Waals surface area contributed by atoms with Crippen LogP contribution in [0.2, 0.25) is 10.0 Å². The largest absolute Gasteiger partial charge is 0.367 e. The number of ether oxygens (including phenoxy) is 1. The molecule has 10 heteroatoms. The molecule has 0 bridgehead atoms. The van der Waals surface area contributed by atoms with Crippen molar-refractivity contribution in [3.05, 3.63) is 28.2 Å². The van der Waals surface area contributed by atoms with Crippen LogP contribution in [0.15, 0.2) is 18.2 Å². The van der Waals surface area contributed by atoms with Gasteiger partial charge in [0.1, 0.15) is 0 Å². The maximum Gasteiger partial charge on any atom is 0.367 e. The van der Waals surface area contributed by atoms with Crippen LogP contribution in [0.4, 0.5) is 20.5 Å². The fraction of sp³-hybridized carbons (Fsp3) is 0.357. The predicted molar refractivity (Wildman–Crippen MR) is 88.1 cm³/mol. The van der Waals surface area contributed by atoms with Crippen LogP contribution in [-0.4, -0.2) is 29.0 Å². The van der Waals surface area contributed by atoms with Crippen LogP contribution in [0, 0.1) is 0 Å². The van der Waals surface area contributed by atoms with Gasteiger partial charge in [-0.05, 0) is 19.9 Å². The van der Waals surface area contributed by atoms with Crippen LogP contribution < -0.4 is 16.0 Å². The molecular formula is C14H16Cl2F2N5O+. The van der Waals surface area contributed by atoms with Crippen molar-refractivity contribution in [2.45, 2.75) is 26.0 Å². The van der Waals surface area contributed by atoms with Crippen molar-refractivity contribution in [3.63, 3.8) is 0 Å². The van der Waals surface area contributed by atoms with Gasteiger partial charge in [-0.15, -0.1) is 0 Å². The minimum absolute atomic E-state index is 0.197. The minimum atomic E-state index is -2.85. The predicted octanol–water partition coefficient (Wildman–Crippen LogP) is 3.28. The van der Waals surface area contributed by atoms with Gasteiger partial charge in [0.15, 0.2) is 5.69 Å². The maximum absolute atomic E-state index is 12.2. The standard InChI is InChI=1S/C14H15Cl2F2N5O/c1-14(2,6-24-12(17)18)21-13-20-11(19)10(22-23-13)7-4-3-5-8(15)9(7)16/h3-5,12H,6H2,1-2H3,(H3,19,20,21,23)/p+1. The highest BCUT2D eigenvalue weighted by atomic mass is 35.5. The van der Waals surface area contributed by atoms with E-state index in [0.29, 0.717) is 21.3 Å². The van der Waals surface area contributed by atoms with Gasteiger partial charge in [0.25, 0.3) is 0 Å². The fourth-order valence-corrected chi connectivity index (χ4v) is 2.33. The summed E-state index contributed by atoms with van der Waals surface area (Å²) < 4.78 is 28.6. The lowest BCUT2D eigenvalue weighted by molar-refractivity contribution is -0.348. The lowest BCUT2D eigenvalue weighted by Gasteiger charge is -2.22. The molecule has 0 unspecified atom stereocenters. The van der Waals surface area contributed by atoms with Crippen molar-refractivity contribution in [3.8, 4) is 11.3 Å². The van der Waals surface area contributed by atoms with E-state index in [1.54, 1.807) is 32.0 Å². The monoisotopic (exact) mass is 378 g/mol. The SMILES string of the molecule is CC(C)(COC(F)F)Nc1nnc(-c2cccc(Cl)c2Cl)c(N)[nH+]1. The first-order valence-electron chi connectivity index (χ1n) is 6.87. The Hall–Kier alpha value is -1.77. The van der Waals surface area contributed by atoms with E-state index in [4.69, 9.17) is 28.9 Å². The summed E-state index contributed by atoms with van der Waals surface area (Å²) in [7, 11) is 0. The molecule has 1 aromatic carbocycles. The number of hydrogen-bond donors (Lipinski definition) is 2. The van der Waals surface area contributed by atoms with Gasteiger partial charge in [-0.1, -0.05) is 40.4 Å². The van der Waals surface area contributed by atoms with Gasteiger partial charge in [0, 0.05) is 10.7 Å². The number of alkyl halides is 2. The summed E-state index contributed by atoms with van der Waals surface area (Å²) >= 11 is 12.1. The normalized spacial score (nSPS) is 11.8. The highest BCUT2D eigenvalue weighted by molar-refractivity contribution is 6.43. The second kappa shape index (κ2) is 7.42. The molecule has 24 heavy (non-hydrogen) atoms. The third-order valence-corrected chi connectivity index (χ3v) is 3.81. The molecule has 0 aliphatic rings. The molecule has 0 saturated carbocycles. The van der Waals surface area contributed by atoms with Crippen molar-refractivity contribution in [1.29, 1.82) is 0 Å². The van der Waals surface area contributed by atoms with E-state index in [-0.39, 0.29) is 18.4 Å². The van der Waals surface area contributed by atoms with Gasteiger partial charge in [0.2, 0.25) is 5.82 Å². The molecule has 130 valence electrons. The van der Waals surface area contributed by atoms with E-state index in [2.05, 4.69) is 25.2 Å². The van der Waals surface area contributed by atoms with Gasteiger partial charge in [0.05, 0.1) is 22.2 Å². The number of nitrogens with two attached hydrogens (primary N) is 1. The van der Waals surface area contributed by atoms with Crippen LogP contribution in [0.25, 0.3) is 11.3 Å². The molecule has 6 nitrogen and oxygen atoms in total. The number of nitrogen functional groups attached to an aromatic ring is 1. The van der Waals surface area contributed by atoms with Crippen molar-refractivity contribution < 1.29 is 18.5 Å². The molecule has 0 radical (unpaired) electrons. The lowest BCUT2D eigenvalue weighted by atomic mass is 10.1. The Morgan fingerprint density at radius 3 is 2.67 bits per heavy atom. The van der Waals surface area contributed by atoms with Gasteiger partial charge in [-0.2, -0.15) is 8.78 Å². The van der Waals surface area contributed by atoms with Crippen molar-refractivity contribution in [1.82, 2.24) is 10.2 Å². The number of anilines is 2. The average Bonchev–Trinajstić information content (AvgIpc) is 2.49. The summed E-state index contributed by atoms with van der Waals surface area (Å²) in [4.78, 5) is 2.81. The second-order valence-corrected chi connectivity index (χ2v) is 6.40. The number of H-pyrrole nitrogens is 1. The smallest absolute Gasteiger partial charge is 0.333 e. The molecule has 2 aromatic rings. The third kappa shape index (κ3) is 4.62. The Bertz CT molecular complexity index is 730. The minimum Gasteiger partial charge on any atom is -0.333 e. The van der Waals surface area contributed by atoms with Gasteiger partial charge in [-0.25, -0.2) is 4.98 Å². The summed E-state index contributed by atoms with van der Waals surface area (Å²) in [5.74, 6) is 0.402. The van der Waals surface area contributed by atoms with Crippen LogP contribution >= 0.6 is 23.2 Å². The zero-order chi connectivity index (χ0) is 17.9. The number of aromatic amines is 1. The Labute approximate surface area is 147 Å². The summed E-state index contributed by atoms with van der Waals surface area (Å²) in [5, 5.41) is 11.5. The van der Waals surface area contributed by atoms with Crippen LogP contribution in [0.3, 0.4) is 0 Å². The maximum atomic E-state index is 12.2. The van der Waals surface area contributed by atoms with E-state index in [0.717, 1.165) is 0 Å². The molecule has 0 amide bonds. The van der Waals surface area contributed by atoms with Crippen molar-refractivity contribution in [2.24, 2.45) is 0 Å². The fourth-order valence-electron chi connectivity index (χ4n) is 1.94. The molecule has 0 atom stereocenters. The number of nitrogens with zero attached hydrogens (tertiary/aromatic N) is 2. The second-order valence-electron chi connectivity index (χ2n) is 5.62. The van der Waals surface area contributed by atoms with E-state index < -0.39 is 12.2 Å². The van der Waals surface area contributed by atoms with Crippen LogP contribution in [0.5, 0.6) is 0 Å². The zero-order valence-electron chi connectivity index (χ0n) is 12.9.